The van der Waals surface area contributed by atoms with Crippen LogP contribution in [-0.4, -0.2) is 20.4 Å². The van der Waals surface area contributed by atoms with Crippen LogP contribution in [0.4, 0.5) is 22.0 Å². The third-order valence-corrected chi connectivity index (χ3v) is 3.61. The summed E-state index contributed by atoms with van der Waals surface area (Å²) in [5, 5.41) is 0. The zero-order valence-corrected chi connectivity index (χ0v) is 9.47. The van der Waals surface area contributed by atoms with Gasteiger partial charge in [-0.3, -0.25) is 0 Å². The second-order valence-corrected chi connectivity index (χ2v) is 5.32. The Labute approximate surface area is 99.3 Å². The average molecular weight is 289 g/mol. The molecule has 0 aromatic heterocycles. The highest BCUT2D eigenvalue weighted by Crippen LogP contribution is 2.31. The van der Waals surface area contributed by atoms with Gasteiger partial charge in [-0.25, -0.2) is 17.2 Å². The molecular weight excluding hydrogens is 281 g/mol. The van der Waals surface area contributed by atoms with Crippen LogP contribution in [0, 0.1) is 0 Å². The number of halogens is 5. The van der Waals surface area contributed by atoms with Crippen molar-refractivity contribution in [3.8, 4) is 0 Å². The third-order valence-electron chi connectivity index (χ3n) is 2.13. The molecule has 0 radical (unpaired) electrons. The Morgan fingerprint density at radius 3 is 2.17 bits per heavy atom. The molecule has 102 valence electrons. The van der Waals surface area contributed by atoms with Gasteiger partial charge in [-0.05, 0) is 17.7 Å². The molecule has 2 N–H and O–H groups in total. The van der Waals surface area contributed by atoms with E-state index in [1.165, 1.54) is 0 Å². The van der Waals surface area contributed by atoms with Gasteiger partial charge in [-0.2, -0.15) is 13.2 Å². The summed E-state index contributed by atoms with van der Waals surface area (Å²) in [5.41, 5.74) is -0.832. The Kier molecular flexibility index (Phi) is 3.96. The van der Waals surface area contributed by atoms with E-state index in [1.54, 1.807) is 0 Å². The van der Waals surface area contributed by atoms with Crippen LogP contribution >= 0.6 is 0 Å². The fourth-order valence-electron chi connectivity index (χ4n) is 1.17. The van der Waals surface area contributed by atoms with Crippen molar-refractivity contribution in [1.29, 1.82) is 0 Å². The van der Waals surface area contributed by atoms with Crippen LogP contribution in [-0.2, 0) is 9.84 Å². The summed E-state index contributed by atoms with van der Waals surface area (Å²) < 4.78 is 83.4. The van der Waals surface area contributed by atoms with Gasteiger partial charge in [0.05, 0.1) is 10.9 Å². The molecule has 0 heterocycles. The summed E-state index contributed by atoms with van der Waals surface area (Å²) in [6.07, 6.45) is -3.01. The monoisotopic (exact) mass is 289 g/mol. The van der Waals surface area contributed by atoms with Gasteiger partial charge >= 0.3 is 5.51 Å². The van der Waals surface area contributed by atoms with Gasteiger partial charge in [-0.1, -0.05) is 12.1 Å². The second-order valence-electron chi connectivity index (χ2n) is 3.38. The van der Waals surface area contributed by atoms with Gasteiger partial charge in [0.2, 0.25) is 0 Å². The summed E-state index contributed by atoms with van der Waals surface area (Å²) in [7, 11) is -5.56. The molecule has 1 aromatic carbocycles. The molecule has 3 nitrogen and oxygen atoms in total. The molecule has 1 rings (SSSR count). The zero-order chi connectivity index (χ0) is 14.1. The zero-order valence-electron chi connectivity index (χ0n) is 8.66. The van der Waals surface area contributed by atoms with Crippen molar-refractivity contribution in [3.05, 3.63) is 29.8 Å². The van der Waals surface area contributed by atoms with Crippen molar-refractivity contribution < 1.29 is 30.4 Å². The first-order valence-electron chi connectivity index (χ1n) is 4.52. The number of alkyl halides is 5. The summed E-state index contributed by atoms with van der Waals surface area (Å²) in [6.45, 7) is 0. The quantitative estimate of drug-likeness (QED) is 0.868. The van der Waals surface area contributed by atoms with Gasteiger partial charge in [0.1, 0.15) is 0 Å². The Balaban J connectivity index is 3.27. The molecule has 0 bridgehead atoms. The fraction of sp³-hybridized carbons (Fsp3) is 0.333. The predicted octanol–water partition coefficient (Wildman–Crippen LogP) is 2.25. The number of sulfone groups is 1. The van der Waals surface area contributed by atoms with Crippen LogP contribution in [0.25, 0.3) is 0 Å². The van der Waals surface area contributed by atoms with Gasteiger partial charge < -0.3 is 5.73 Å². The minimum atomic E-state index is -5.56. The van der Waals surface area contributed by atoms with E-state index >= 15 is 0 Å². The maximum absolute atomic E-state index is 12.3. The number of hydrogen-bond donors (Lipinski definition) is 1. The summed E-state index contributed by atoms with van der Waals surface area (Å²) in [6, 6.07) is 1.29. The molecule has 0 aliphatic rings. The van der Waals surface area contributed by atoms with E-state index in [2.05, 4.69) is 0 Å². The molecule has 0 saturated heterocycles. The van der Waals surface area contributed by atoms with Crippen LogP contribution in [0.5, 0.6) is 0 Å². The lowest BCUT2D eigenvalue weighted by Crippen LogP contribution is -2.24. The first-order valence-corrected chi connectivity index (χ1v) is 6.00. The molecule has 0 amide bonds. The van der Waals surface area contributed by atoms with Crippen molar-refractivity contribution >= 4 is 9.84 Å². The lowest BCUT2D eigenvalue weighted by Gasteiger charge is -2.13. The smallest absolute Gasteiger partial charge is 0.319 e. The lowest BCUT2D eigenvalue weighted by molar-refractivity contribution is -0.0436. The minimum absolute atomic E-state index is 0.379. The van der Waals surface area contributed by atoms with Crippen LogP contribution in [0.2, 0.25) is 0 Å². The van der Waals surface area contributed by atoms with Crippen LogP contribution in [0.1, 0.15) is 11.6 Å². The summed E-state index contributed by atoms with van der Waals surface area (Å²) in [4.78, 5) is -1.11. The SMILES string of the molecule is NC(c1cccc(S(=O)(=O)C(F)(F)F)c1)C(F)F. The average Bonchev–Trinajstić information content (AvgIpc) is 2.26. The van der Waals surface area contributed by atoms with Gasteiger partial charge in [0.25, 0.3) is 16.3 Å². The van der Waals surface area contributed by atoms with Crippen molar-refractivity contribution in [2.24, 2.45) is 5.73 Å². The number of nitrogens with two attached hydrogens (primary N) is 1. The molecule has 18 heavy (non-hydrogen) atoms. The first kappa shape index (κ1) is 14.8. The lowest BCUT2D eigenvalue weighted by atomic mass is 10.1. The molecule has 0 fully saturated rings. The van der Waals surface area contributed by atoms with Crippen molar-refractivity contribution in [3.63, 3.8) is 0 Å². The van der Waals surface area contributed by atoms with E-state index in [-0.39, 0.29) is 5.56 Å². The van der Waals surface area contributed by atoms with Crippen LogP contribution < -0.4 is 5.73 Å². The van der Waals surface area contributed by atoms with Crippen LogP contribution in [0.3, 0.4) is 0 Å². The highest BCUT2D eigenvalue weighted by atomic mass is 32.2. The van der Waals surface area contributed by atoms with Gasteiger partial charge in [0, 0.05) is 0 Å². The normalized spacial score (nSPS) is 14.8. The maximum atomic E-state index is 12.3. The molecular formula is C9H8F5NO2S. The topological polar surface area (TPSA) is 60.2 Å². The van der Waals surface area contributed by atoms with E-state index in [4.69, 9.17) is 5.73 Å². The molecule has 0 spiro atoms. The standard InChI is InChI=1S/C9H8F5NO2S/c10-8(11)7(15)5-2-1-3-6(4-5)18(16,17)9(12,13)14/h1-4,7-8H,15H2. The minimum Gasteiger partial charge on any atom is -0.319 e. The predicted molar refractivity (Wildman–Crippen MR) is 52.6 cm³/mol. The number of rotatable bonds is 3. The van der Waals surface area contributed by atoms with Gasteiger partial charge in [0.15, 0.2) is 0 Å². The molecule has 9 heteroatoms. The molecule has 0 aliphatic carbocycles. The molecule has 0 aliphatic heterocycles. The second kappa shape index (κ2) is 4.81. The van der Waals surface area contributed by atoms with E-state index < -0.39 is 32.7 Å². The Bertz CT molecular complexity index is 526. The van der Waals surface area contributed by atoms with Crippen molar-refractivity contribution in [2.45, 2.75) is 22.9 Å². The Hall–Kier alpha value is -1.22. The fourth-order valence-corrected chi connectivity index (χ4v) is 1.98. The number of hydrogen-bond acceptors (Lipinski definition) is 3. The van der Waals surface area contributed by atoms with E-state index in [0.717, 1.165) is 12.1 Å². The summed E-state index contributed by atoms with van der Waals surface area (Å²) in [5.74, 6) is 0. The highest BCUT2D eigenvalue weighted by molar-refractivity contribution is 7.92. The van der Waals surface area contributed by atoms with E-state index in [9.17, 15) is 30.4 Å². The third kappa shape index (κ3) is 2.78. The molecule has 1 atom stereocenters. The van der Waals surface area contributed by atoms with E-state index in [1.807, 2.05) is 0 Å². The maximum Gasteiger partial charge on any atom is 0.501 e. The van der Waals surface area contributed by atoms with Crippen molar-refractivity contribution in [2.75, 3.05) is 0 Å². The molecule has 1 aromatic rings. The Morgan fingerprint density at radius 2 is 1.72 bits per heavy atom. The Morgan fingerprint density at radius 1 is 1.17 bits per heavy atom. The van der Waals surface area contributed by atoms with Crippen LogP contribution in [0.15, 0.2) is 29.2 Å². The summed E-state index contributed by atoms with van der Waals surface area (Å²) >= 11 is 0. The molecule has 0 saturated carbocycles. The van der Waals surface area contributed by atoms with Crippen molar-refractivity contribution in [1.82, 2.24) is 0 Å². The largest absolute Gasteiger partial charge is 0.501 e. The number of benzene rings is 1. The molecule has 1 unspecified atom stereocenters. The van der Waals surface area contributed by atoms with Gasteiger partial charge in [-0.15, -0.1) is 0 Å². The first-order chi connectivity index (χ1) is 8.07. The van der Waals surface area contributed by atoms with E-state index in [0.29, 0.717) is 12.1 Å². The highest BCUT2D eigenvalue weighted by Gasteiger charge is 2.47.